The van der Waals surface area contributed by atoms with E-state index in [4.69, 9.17) is 14.4 Å². The van der Waals surface area contributed by atoms with Gasteiger partial charge in [-0.25, -0.2) is 9.97 Å². The number of para-hydroxylation sites is 1. The van der Waals surface area contributed by atoms with Gasteiger partial charge in [0.25, 0.3) is 0 Å². The SMILES string of the molecule is C1=C(c2ccc3oc4ccc5ccccc5c4c3c2)c2c(c3ccc4ccccc4c3n2-c2nc(-c3ccc(-c4cccc5ccccc45)cc3)c3ccccc3n2)CC1. The number of hydrogen-bond acceptors (Lipinski definition) is 3. The smallest absolute Gasteiger partial charge is 0.235 e. The van der Waals surface area contributed by atoms with Gasteiger partial charge in [0.1, 0.15) is 11.2 Å². The minimum atomic E-state index is 0.665. The molecule has 0 aliphatic heterocycles. The van der Waals surface area contributed by atoms with Crippen LogP contribution in [-0.2, 0) is 6.42 Å². The van der Waals surface area contributed by atoms with Crippen molar-refractivity contribution in [3.05, 3.63) is 205 Å². The first-order valence-corrected chi connectivity index (χ1v) is 20.7. The molecule has 12 aromatic rings. The number of benzene rings is 9. The molecule has 0 unspecified atom stereocenters. The molecule has 0 amide bonds. The summed E-state index contributed by atoms with van der Waals surface area (Å²) in [5.41, 5.74) is 13.0. The second-order valence-corrected chi connectivity index (χ2v) is 16.0. The lowest BCUT2D eigenvalue weighted by Crippen LogP contribution is -2.10. The van der Waals surface area contributed by atoms with Crippen LogP contribution in [0.5, 0.6) is 0 Å². The number of aryl methyl sites for hydroxylation is 1. The van der Waals surface area contributed by atoms with Crippen molar-refractivity contribution in [3.8, 4) is 28.3 Å². The maximum Gasteiger partial charge on any atom is 0.235 e. The summed E-state index contributed by atoms with van der Waals surface area (Å²) >= 11 is 0. The molecule has 0 saturated carbocycles. The van der Waals surface area contributed by atoms with Crippen LogP contribution in [0.2, 0.25) is 0 Å². The number of nitrogens with zero attached hydrogens (tertiary/aromatic N) is 3. The predicted octanol–water partition coefficient (Wildman–Crippen LogP) is 14.6. The fraction of sp³-hybridized carbons (Fsp3) is 0.0357. The van der Waals surface area contributed by atoms with Crippen molar-refractivity contribution < 1.29 is 4.42 Å². The van der Waals surface area contributed by atoms with Gasteiger partial charge in [-0.2, -0.15) is 0 Å². The second kappa shape index (κ2) is 12.8. The van der Waals surface area contributed by atoms with Gasteiger partial charge in [-0.3, -0.25) is 4.57 Å². The van der Waals surface area contributed by atoms with Crippen LogP contribution in [-0.4, -0.2) is 14.5 Å². The highest BCUT2D eigenvalue weighted by molar-refractivity contribution is 6.19. The van der Waals surface area contributed by atoms with Gasteiger partial charge >= 0.3 is 0 Å². The number of hydrogen-bond donors (Lipinski definition) is 0. The van der Waals surface area contributed by atoms with E-state index >= 15 is 0 Å². The van der Waals surface area contributed by atoms with Crippen molar-refractivity contribution >= 4 is 81.6 Å². The zero-order chi connectivity index (χ0) is 39.3. The maximum absolute atomic E-state index is 6.46. The lowest BCUT2D eigenvalue weighted by molar-refractivity contribution is 0.669. The van der Waals surface area contributed by atoms with Crippen LogP contribution in [0.1, 0.15) is 23.2 Å². The van der Waals surface area contributed by atoms with E-state index in [1.165, 1.54) is 60.0 Å². The summed E-state index contributed by atoms with van der Waals surface area (Å²) in [6, 6.07) is 65.2. The summed E-state index contributed by atoms with van der Waals surface area (Å²) in [4.78, 5) is 11.0. The Morgan fingerprint density at radius 2 is 1.12 bits per heavy atom. The van der Waals surface area contributed by atoms with Gasteiger partial charge < -0.3 is 4.42 Å². The number of allylic oxidation sites excluding steroid dienone is 1. The molecule has 60 heavy (non-hydrogen) atoms. The Labute approximate surface area is 345 Å². The van der Waals surface area contributed by atoms with Crippen molar-refractivity contribution in [2.24, 2.45) is 0 Å². The van der Waals surface area contributed by atoms with Gasteiger partial charge in [0.15, 0.2) is 0 Å². The molecule has 1 aliphatic carbocycles. The summed E-state index contributed by atoms with van der Waals surface area (Å²) in [6.45, 7) is 0. The van der Waals surface area contributed by atoms with E-state index in [1.54, 1.807) is 0 Å². The van der Waals surface area contributed by atoms with Crippen LogP contribution >= 0.6 is 0 Å². The Morgan fingerprint density at radius 3 is 1.97 bits per heavy atom. The third kappa shape index (κ3) is 4.91. The molecule has 0 N–H and O–H groups in total. The zero-order valence-electron chi connectivity index (χ0n) is 32.6. The van der Waals surface area contributed by atoms with Crippen LogP contribution in [0.25, 0.3) is 110 Å². The fourth-order valence-corrected chi connectivity index (χ4v) is 9.95. The largest absolute Gasteiger partial charge is 0.456 e. The Kier molecular flexibility index (Phi) is 7.10. The summed E-state index contributed by atoms with van der Waals surface area (Å²) in [7, 11) is 0. The van der Waals surface area contributed by atoms with E-state index in [2.05, 4.69) is 193 Å². The van der Waals surface area contributed by atoms with Crippen molar-refractivity contribution in [1.29, 1.82) is 0 Å². The number of furan rings is 1. The van der Waals surface area contributed by atoms with E-state index in [-0.39, 0.29) is 0 Å². The van der Waals surface area contributed by atoms with E-state index in [9.17, 15) is 0 Å². The molecule has 4 heteroatoms. The van der Waals surface area contributed by atoms with Crippen LogP contribution in [0.4, 0.5) is 0 Å². The van der Waals surface area contributed by atoms with Gasteiger partial charge in [0, 0.05) is 38.1 Å². The summed E-state index contributed by atoms with van der Waals surface area (Å²) in [6.07, 6.45) is 4.28. The van der Waals surface area contributed by atoms with Gasteiger partial charge in [0.2, 0.25) is 5.95 Å². The van der Waals surface area contributed by atoms with Crippen LogP contribution in [0.15, 0.2) is 192 Å². The van der Waals surface area contributed by atoms with Crippen molar-refractivity contribution in [2.45, 2.75) is 12.8 Å². The van der Waals surface area contributed by atoms with Crippen molar-refractivity contribution in [3.63, 3.8) is 0 Å². The topological polar surface area (TPSA) is 43.9 Å². The Bertz CT molecular complexity index is 3770. The number of fused-ring (bicyclic) bond motifs is 12. The third-order valence-electron chi connectivity index (χ3n) is 12.7. The Hall–Kier alpha value is -7.82. The molecule has 9 aromatic carbocycles. The van der Waals surface area contributed by atoms with E-state index < -0.39 is 0 Å². The molecule has 0 fully saturated rings. The molecule has 4 nitrogen and oxygen atoms in total. The normalized spacial score (nSPS) is 13.0. The Morgan fingerprint density at radius 1 is 0.467 bits per heavy atom. The lowest BCUT2D eigenvalue weighted by atomic mass is 9.89. The highest BCUT2D eigenvalue weighted by Gasteiger charge is 2.28. The van der Waals surface area contributed by atoms with Gasteiger partial charge in [-0.1, -0.05) is 164 Å². The highest BCUT2D eigenvalue weighted by Crippen LogP contribution is 2.44. The third-order valence-corrected chi connectivity index (χ3v) is 12.7. The first kappa shape index (κ1) is 33.2. The van der Waals surface area contributed by atoms with Crippen molar-refractivity contribution in [1.82, 2.24) is 14.5 Å². The molecule has 280 valence electrons. The zero-order valence-corrected chi connectivity index (χ0v) is 32.6. The molecule has 0 radical (unpaired) electrons. The highest BCUT2D eigenvalue weighted by atomic mass is 16.3. The van der Waals surface area contributed by atoms with E-state index in [1.807, 2.05) is 0 Å². The second-order valence-electron chi connectivity index (χ2n) is 16.0. The lowest BCUT2D eigenvalue weighted by Gasteiger charge is -2.19. The molecule has 3 aromatic heterocycles. The van der Waals surface area contributed by atoms with Crippen LogP contribution in [0, 0.1) is 0 Å². The molecule has 0 atom stereocenters. The molecular weight excluding hydrogens is 731 g/mol. The average molecular weight is 766 g/mol. The molecule has 13 rings (SSSR count). The molecule has 0 bridgehead atoms. The quantitative estimate of drug-likeness (QED) is 0.179. The molecular formula is C56H35N3O. The average Bonchev–Trinajstić information content (AvgIpc) is 3.87. The minimum absolute atomic E-state index is 0.665. The standard InChI is InChI=1S/C56H35N3O/c1-4-15-40-34(11-1)14-9-19-41(40)37-23-25-38(26-24-37)53-47-18-7-8-22-49(47)57-56(58-53)59-54-43-17-6-3-13-36(43)27-30-46(54)45-21-10-20-44(55(45)59)39-29-31-50-48(33-39)52-42-16-5-2-12-35(42)28-32-51(52)60-50/h1-9,11-20,22-33H,10,21H2. The Balaban J connectivity index is 1.05. The molecule has 3 heterocycles. The van der Waals surface area contributed by atoms with Gasteiger partial charge in [-0.05, 0) is 86.3 Å². The summed E-state index contributed by atoms with van der Waals surface area (Å²) in [5.74, 6) is 0.665. The number of rotatable bonds is 4. The molecule has 0 saturated heterocycles. The maximum atomic E-state index is 6.46. The molecule has 1 aliphatic rings. The predicted molar refractivity (Wildman–Crippen MR) is 249 cm³/mol. The fourth-order valence-electron chi connectivity index (χ4n) is 9.95. The first-order chi connectivity index (χ1) is 29.7. The molecule has 0 spiro atoms. The van der Waals surface area contributed by atoms with E-state index in [0.717, 1.165) is 73.7 Å². The number of aromatic nitrogens is 3. The van der Waals surface area contributed by atoms with Crippen molar-refractivity contribution in [2.75, 3.05) is 0 Å². The monoisotopic (exact) mass is 765 g/mol. The van der Waals surface area contributed by atoms with Gasteiger partial charge in [0.05, 0.1) is 22.4 Å². The summed E-state index contributed by atoms with van der Waals surface area (Å²) in [5, 5.41) is 11.8. The van der Waals surface area contributed by atoms with Gasteiger partial charge in [-0.15, -0.1) is 0 Å². The van der Waals surface area contributed by atoms with Crippen LogP contribution in [0.3, 0.4) is 0 Å². The summed E-state index contributed by atoms with van der Waals surface area (Å²) < 4.78 is 8.83. The first-order valence-electron chi connectivity index (χ1n) is 20.7. The van der Waals surface area contributed by atoms with Crippen LogP contribution < -0.4 is 0 Å². The minimum Gasteiger partial charge on any atom is -0.456 e. The van der Waals surface area contributed by atoms with E-state index in [0.29, 0.717) is 5.95 Å².